The van der Waals surface area contributed by atoms with E-state index in [0.29, 0.717) is 16.8 Å². The Bertz CT molecular complexity index is 963. The van der Waals surface area contributed by atoms with Crippen LogP contribution in [-0.4, -0.2) is 32.0 Å². The second-order valence-electron chi connectivity index (χ2n) is 7.31. The van der Waals surface area contributed by atoms with Crippen LogP contribution in [0.15, 0.2) is 48.5 Å². The minimum absolute atomic E-state index is 0.147. The zero-order valence-corrected chi connectivity index (χ0v) is 16.6. The van der Waals surface area contributed by atoms with Crippen LogP contribution in [-0.2, 0) is 11.0 Å². The Hall–Kier alpha value is -3.29. The molecule has 0 aromatic heterocycles. The molecule has 0 unspecified atom stereocenters. The highest BCUT2D eigenvalue weighted by Crippen LogP contribution is 2.37. The molecule has 8 heteroatoms. The number of anilines is 2. The van der Waals surface area contributed by atoms with Gasteiger partial charge >= 0.3 is 6.18 Å². The number of carbonyl (C=O) groups excluding carboxylic acids is 2. The summed E-state index contributed by atoms with van der Waals surface area (Å²) in [6.07, 6.45) is 0.0130. The fourth-order valence-corrected chi connectivity index (χ4v) is 2.74. The smallest absolute Gasteiger partial charge is 0.378 e. The van der Waals surface area contributed by atoms with Crippen LogP contribution >= 0.6 is 0 Å². The van der Waals surface area contributed by atoms with Gasteiger partial charge in [0.1, 0.15) is 0 Å². The van der Waals surface area contributed by atoms with Crippen LogP contribution in [0.2, 0.25) is 0 Å². The van der Waals surface area contributed by atoms with E-state index in [-0.39, 0.29) is 17.6 Å². The fraction of sp³-hybridized carbons (Fsp3) is 0.273. The van der Waals surface area contributed by atoms with Gasteiger partial charge in [0.15, 0.2) is 0 Å². The van der Waals surface area contributed by atoms with Crippen molar-refractivity contribution in [1.29, 1.82) is 0 Å². The van der Waals surface area contributed by atoms with Gasteiger partial charge in [-0.25, -0.2) is 0 Å². The number of hydrogen-bond donors (Lipinski definition) is 2. The van der Waals surface area contributed by atoms with E-state index in [2.05, 4.69) is 10.6 Å². The number of nitrogens with zero attached hydrogens (tertiary/aromatic N) is 1. The molecule has 1 saturated carbocycles. The Morgan fingerprint density at radius 1 is 1.07 bits per heavy atom. The molecule has 2 aromatic rings. The highest BCUT2D eigenvalue weighted by molar-refractivity contribution is 6.02. The molecule has 0 radical (unpaired) electrons. The lowest BCUT2D eigenvalue weighted by Crippen LogP contribution is -2.25. The first kappa shape index (κ1) is 21.4. The maximum atomic E-state index is 13.4. The van der Waals surface area contributed by atoms with Gasteiger partial charge in [-0.05, 0) is 54.8 Å². The van der Waals surface area contributed by atoms with Gasteiger partial charge in [0.2, 0.25) is 5.91 Å². The molecule has 5 nitrogen and oxygen atoms in total. The number of alkyl halides is 3. The maximum absolute atomic E-state index is 13.4. The van der Waals surface area contributed by atoms with Crippen molar-refractivity contribution >= 4 is 29.3 Å². The average molecular weight is 417 g/mol. The minimum atomic E-state index is -4.60. The van der Waals surface area contributed by atoms with E-state index in [1.165, 1.54) is 18.2 Å². The topological polar surface area (TPSA) is 61.4 Å². The van der Waals surface area contributed by atoms with Gasteiger partial charge in [0.25, 0.3) is 5.91 Å². The lowest BCUT2D eigenvalue weighted by Gasteiger charge is -2.18. The summed E-state index contributed by atoms with van der Waals surface area (Å²) in [4.78, 5) is 25.7. The van der Waals surface area contributed by atoms with Crippen molar-refractivity contribution in [2.75, 3.05) is 24.3 Å². The van der Waals surface area contributed by atoms with Gasteiger partial charge in [-0.15, -0.1) is 0 Å². The van der Waals surface area contributed by atoms with Crippen LogP contribution in [0.4, 0.5) is 24.5 Å². The molecule has 1 aliphatic rings. The van der Waals surface area contributed by atoms with Gasteiger partial charge in [-0.2, -0.15) is 13.2 Å². The lowest BCUT2D eigenvalue weighted by atomic mass is 10.1. The van der Waals surface area contributed by atoms with Gasteiger partial charge in [0, 0.05) is 37.5 Å². The SMILES string of the molecule is CN(C)c1ccc(NC(=O)/C=C/c2ccc(C(=O)NC3CC3)cc2)c(C(F)(F)F)c1. The number of benzene rings is 2. The predicted octanol–water partition coefficient (Wildman–Crippen LogP) is 4.32. The summed E-state index contributed by atoms with van der Waals surface area (Å²) in [5.74, 6) is -0.833. The second-order valence-corrected chi connectivity index (χ2v) is 7.31. The summed E-state index contributed by atoms with van der Waals surface area (Å²) < 4.78 is 40.1. The molecule has 0 saturated heterocycles. The number of halogens is 3. The van der Waals surface area contributed by atoms with Crippen molar-refractivity contribution < 1.29 is 22.8 Å². The van der Waals surface area contributed by atoms with E-state index in [4.69, 9.17) is 0 Å². The lowest BCUT2D eigenvalue weighted by molar-refractivity contribution is -0.136. The predicted molar refractivity (Wildman–Crippen MR) is 110 cm³/mol. The molecule has 1 fully saturated rings. The maximum Gasteiger partial charge on any atom is 0.418 e. The van der Waals surface area contributed by atoms with Crippen molar-refractivity contribution in [1.82, 2.24) is 5.32 Å². The highest BCUT2D eigenvalue weighted by Gasteiger charge is 2.34. The zero-order chi connectivity index (χ0) is 21.9. The van der Waals surface area contributed by atoms with Crippen molar-refractivity contribution in [3.05, 3.63) is 65.2 Å². The van der Waals surface area contributed by atoms with Gasteiger partial charge in [-0.1, -0.05) is 12.1 Å². The Balaban J connectivity index is 1.67. The molecule has 1 aliphatic carbocycles. The van der Waals surface area contributed by atoms with Crippen molar-refractivity contribution in [2.45, 2.75) is 25.1 Å². The molecule has 0 bridgehead atoms. The summed E-state index contributed by atoms with van der Waals surface area (Å²) in [5, 5.41) is 5.16. The van der Waals surface area contributed by atoms with E-state index < -0.39 is 17.6 Å². The number of amides is 2. The van der Waals surface area contributed by atoms with Crippen molar-refractivity contribution in [3.63, 3.8) is 0 Å². The molecule has 0 spiro atoms. The number of hydrogen-bond acceptors (Lipinski definition) is 3. The molecule has 158 valence electrons. The molecule has 3 rings (SSSR count). The quantitative estimate of drug-likeness (QED) is 0.689. The normalized spacial score (nSPS) is 13.9. The fourth-order valence-electron chi connectivity index (χ4n) is 2.74. The van der Waals surface area contributed by atoms with Gasteiger partial charge in [0.05, 0.1) is 11.3 Å². The third-order valence-electron chi connectivity index (χ3n) is 4.60. The number of nitrogens with one attached hydrogen (secondary N) is 2. The van der Waals surface area contributed by atoms with E-state index in [1.54, 1.807) is 43.3 Å². The molecule has 0 heterocycles. The Labute approximate surface area is 172 Å². The van der Waals surface area contributed by atoms with Crippen LogP contribution in [0.25, 0.3) is 6.08 Å². The first-order chi connectivity index (χ1) is 14.1. The standard InChI is InChI=1S/C22H22F3N3O2/c1-28(2)17-10-11-19(18(13-17)22(23,24)25)27-20(29)12-5-14-3-6-15(7-4-14)21(30)26-16-8-9-16/h3-7,10-13,16H,8-9H2,1-2H3,(H,26,30)(H,27,29)/b12-5+. The van der Waals surface area contributed by atoms with E-state index in [1.807, 2.05) is 0 Å². The van der Waals surface area contributed by atoms with Crippen LogP contribution in [0, 0.1) is 0 Å². The van der Waals surface area contributed by atoms with E-state index in [0.717, 1.165) is 25.0 Å². The highest BCUT2D eigenvalue weighted by atomic mass is 19.4. The molecule has 0 aliphatic heterocycles. The summed E-state index contributed by atoms with van der Waals surface area (Å²) in [5.41, 5.74) is 0.310. The Kier molecular flexibility index (Phi) is 6.14. The van der Waals surface area contributed by atoms with Crippen LogP contribution in [0.5, 0.6) is 0 Å². The Morgan fingerprint density at radius 3 is 2.30 bits per heavy atom. The average Bonchev–Trinajstić information content (AvgIpc) is 3.50. The van der Waals surface area contributed by atoms with Crippen LogP contribution in [0.1, 0.15) is 34.3 Å². The third kappa shape index (κ3) is 5.62. The zero-order valence-electron chi connectivity index (χ0n) is 16.6. The van der Waals surface area contributed by atoms with Crippen molar-refractivity contribution in [2.24, 2.45) is 0 Å². The molecular weight excluding hydrogens is 395 g/mol. The minimum Gasteiger partial charge on any atom is -0.378 e. The molecular formula is C22H22F3N3O2. The summed E-state index contributed by atoms with van der Waals surface area (Å²) in [6.45, 7) is 0. The summed E-state index contributed by atoms with van der Waals surface area (Å²) in [7, 11) is 3.27. The van der Waals surface area contributed by atoms with Gasteiger partial charge in [-0.3, -0.25) is 9.59 Å². The first-order valence-electron chi connectivity index (χ1n) is 9.42. The van der Waals surface area contributed by atoms with E-state index >= 15 is 0 Å². The summed E-state index contributed by atoms with van der Waals surface area (Å²) in [6, 6.07) is 10.6. The first-order valence-corrected chi connectivity index (χ1v) is 9.42. The molecule has 0 atom stereocenters. The molecule has 2 aromatic carbocycles. The van der Waals surface area contributed by atoms with Crippen molar-refractivity contribution in [3.8, 4) is 0 Å². The molecule has 30 heavy (non-hydrogen) atoms. The van der Waals surface area contributed by atoms with Crippen LogP contribution in [0.3, 0.4) is 0 Å². The number of carbonyl (C=O) groups is 2. The largest absolute Gasteiger partial charge is 0.418 e. The Morgan fingerprint density at radius 2 is 1.73 bits per heavy atom. The monoisotopic (exact) mass is 417 g/mol. The third-order valence-corrected chi connectivity index (χ3v) is 4.60. The van der Waals surface area contributed by atoms with E-state index in [9.17, 15) is 22.8 Å². The number of rotatable bonds is 6. The molecule has 2 N–H and O–H groups in total. The summed E-state index contributed by atoms with van der Waals surface area (Å²) >= 11 is 0. The van der Waals surface area contributed by atoms with Gasteiger partial charge < -0.3 is 15.5 Å². The molecule has 2 amide bonds. The second kappa shape index (κ2) is 8.61. The van der Waals surface area contributed by atoms with Crippen LogP contribution < -0.4 is 15.5 Å².